The fourth-order valence-corrected chi connectivity index (χ4v) is 2.72. The lowest BCUT2D eigenvalue weighted by molar-refractivity contribution is -0.0485. The van der Waals surface area contributed by atoms with Crippen molar-refractivity contribution in [3.63, 3.8) is 0 Å². The maximum absolute atomic E-state index is 5.92. The molecule has 19 heavy (non-hydrogen) atoms. The van der Waals surface area contributed by atoms with Crippen LogP contribution in [-0.4, -0.2) is 19.3 Å². The van der Waals surface area contributed by atoms with Gasteiger partial charge < -0.3 is 10.1 Å². The zero-order valence-corrected chi connectivity index (χ0v) is 13.1. The van der Waals surface area contributed by atoms with Crippen molar-refractivity contribution in [2.24, 2.45) is 0 Å². The molecule has 0 spiro atoms. The summed E-state index contributed by atoms with van der Waals surface area (Å²) in [4.78, 5) is 0. The number of aryl methyl sites for hydroxylation is 1. The van der Waals surface area contributed by atoms with Crippen molar-refractivity contribution in [3.05, 3.63) is 35.4 Å². The van der Waals surface area contributed by atoms with E-state index in [-0.39, 0.29) is 11.6 Å². The molecular weight excluding hydrogens is 234 g/mol. The van der Waals surface area contributed by atoms with Gasteiger partial charge in [-0.05, 0) is 38.3 Å². The lowest BCUT2D eigenvalue weighted by Gasteiger charge is -2.39. The molecule has 108 valence electrons. The first-order chi connectivity index (χ1) is 9.13. The lowest BCUT2D eigenvalue weighted by Crippen LogP contribution is -2.45. The summed E-state index contributed by atoms with van der Waals surface area (Å²) in [6.45, 7) is 9.76. The van der Waals surface area contributed by atoms with Crippen LogP contribution in [0.1, 0.15) is 57.2 Å². The molecule has 0 saturated heterocycles. The van der Waals surface area contributed by atoms with Crippen LogP contribution < -0.4 is 5.32 Å². The summed E-state index contributed by atoms with van der Waals surface area (Å²) in [7, 11) is 1.84. The highest BCUT2D eigenvalue weighted by molar-refractivity contribution is 5.26. The van der Waals surface area contributed by atoms with Crippen molar-refractivity contribution in [1.82, 2.24) is 5.32 Å². The second-order valence-electron chi connectivity index (χ2n) is 5.27. The maximum Gasteiger partial charge on any atom is 0.0867 e. The number of hydrogen-bond donors (Lipinski definition) is 1. The maximum atomic E-state index is 5.92. The van der Waals surface area contributed by atoms with Crippen LogP contribution in [0.25, 0.3) is 0 Å². The Hall–Kier alpha value is -0.860. The van der Waals surface area contributed by atoms with Gasteiger partial charge in [0, 0.05) is 7.11 Å². The van der Waals surface area contributed by atoms with Gasteiger partial charge in [0.25, 0.3) is 0 Å². The van der Waals surface area contributed by atoms with Gasteiger partial charge in [0.15, 0.2) is 0 Å². The second kappa shape index (κ2) is 7.66. The van der Waals surface area contributed by atoms with Crippen molar-refractivity contribution in [2.45, 2.75) is 58.6 Å². The van der Waals surface area contributed by atoms with Crippen LogP contribution >= 0.6 is 0 Å². The van der Waals surface area contributed by atoms with Gasteiger partial charge in [0.2, 0.25) is 0 Å². The number of nitrogens with one attached hydrogen (secondary N) is 1. The summed E-state index contributed by atoms with van der Waals surface area (Å²) in [5, 5.41) is 3.67. The SMILES string of the molecule is CCCNC(c1ccc(C)cc1)C(CC)(CC)OC. The number of methoxy groups -OCH3 is 1. The van der Waals surface area contributed by atoms with Crippen molar-refractivity contribution in [1.29, 1.82) is 0 Å². The molecule has 2 heteroatoms. The van der Waals surface area contributed by atoms with E-state index in [0.29, 0.717) is 0 Å². The Balaban J connectivity index is 3.08. The number of benzene rings is 1. The van der Waals surface area contributed by atoms with E-state index in [4.69, 9.17) is 4.74 Å². The first kappa shape index (κ1) is 16.2. The van der Waals surface area contributed by atoms with Crippen LogP contribution in [0, 0.1) is 6.92 Å². The van der Waals surface area contributed by atoms with Gasteiger partial charge in [0.1, 0.15) is 0 Å². The third kappa shape index (κ3) is 3.80. The standard InChI is InChI=1S/C17H29NO/c1-6-13-18-16(17(7-2,8-3)19-5)15-11-9-14(4)10-12-15/h9-12,16,18H,6-8,13H2,1-5H3. The van der Waals surface area contributed by atoms with Gasteiger partial charge in [0.05, 0.1) is 11.6 Å². The van der Waals surface area contributed by atoms with E-state index in [2.05, 4.69) is 57.3 Å². The first-order valence-corrected chi connectivity index (χ1v) is 7.48. The minimum atomic E-state index is -0.121. The summed E-state index contributed by atoms with van der Waals surface area (Å²) in [6, 6.07) is 9.07. The first-order valence-electron chi connectivity index (χ1n) is 7.48. The number of rotatable bonds is 8. The molecule has 0 radical (unpaired) electrons. The molecular formula is C17H29NO. The third-order valence-electron chi connectivity index (χ3n) is 4.14. The van der Waals surface area contributed by atoms with E-state index in [1.807, 2.05) is 7.11 Å². The molecule has 2 nitrogen and oxygen atoms in total. The van der Waals surface area contributed by atoms with Gasteiger partial charge in [-0.15, -0.1) is 0 Å². The molecule has 1 aromatic rings. The third-order valence-corrected chi connectivity index (χ3v) is 4.14. The van der Waals surface area contributed by atoms with Crippen molar-refractivity contribution >= 4 is 0 Å². The molecule has 1 N–H and O–H groups in total. The van der Waals surface area contributed by atoms with Crippen molar-refractivity contribution in [3.8, 4) is 0 Å². The number of hydrogen-bond acceptors (Lipinski definition) is 2. The smallest absolute Gasteiger partial charge is 0.0867 e. The predicted octanol–water partition coefficient (Wildman–Crippen LogP) is 4.24. The van der Waals surface area contributed by atoms with Gasteiger partial charge in [-0.3, -0.25) is 0 Å². The average Bonchev–Trinajstić information content (AvgIpc) is 2.45. The van der Waals surface area contributed by atoms with Gasteiger partial charge >= 0.3 is 0 Å². The Labute approximate surface area is 118 Å². The zero-order chi connectivity index (χ0) is 14.3. The summed E-state index contributed by atoms with van der Waals surface area (Å²) < 4.78 is 5.92. The highest BCUT2D eigenvalue weighted by Gasteiger charge is 2.36. The Morgan fingerprint density at radius 1 is 1.11 bits per heavy atom. The Morgan fingerprint density at radius 3 is 2.11 bits per heavy atom. The fraction of sp³-hybridized carbons (Fsp3) is 0.647. The fourth-order valence-electron chi connectivity index (χ4n) is 2.72. The molecule has 0 fully saturated rings. The van der Waals surface area contributed by atoms with E-state index in [1.165, 1.54) is 11.1 Å². The molecule has 0 aliphatic rings. The summed E-state index contributed by atoms with van der Waals surface area (Å²) in [5.41, 5.74) is 2.50. The minimum absolute atomic E-state index is 0.121. The summed E-state index contributed by atoms with van der Waals surface area (Å²) in [6.07, 6.45) is 3.15. The summed E-state index contributed by atoms with van der Waals surface area (Å²) in [5.74, 6) is 0. The van der Waals surface area contributed by atoms with E-state index >= 15 is 0 Å². The van der Waals surface area contributed by atoms with Crippen LogP contribution in [0.4, 0.5) is 0 Å². The average molecular weight is 263 g/mol. The monoisotopic (exact) mass is 263 g/mol. The van der Waals surface area contributed by atoms with Gasteiger partial charge in [-0.2, -0.15) is 0 Å². The van der Waals surface area contributed by atoms with Crippen molar-refractivity contribution in [2.75, 3.05) is 13.7 Å². The van der Waals surface area contributed by atoms with Crippen LogP contribution in [-0.2, 0) is 4.74 Å². The van der Waals surface area contributed by atoms with E-state index in [0.717, 1.165) is 25.8 Å². The van der Waals surface area contributed by atoms with Crippen LogP contribution in [0.5, 0.6) is 0 Å². The van der Waals surface area contributed by atoms with Gasteiger partial charge in [-0.25, -0.2) is 0 Å². The Kier molecular flexibility index (Phi) is 6.53. The van der Waals surface area contributed by atoms with E-state index in [1.54, 1.807) is 0 Å². The van der Waals surface area contributed by atoms with E-state index in [9.17, 15) is 0 Å². The highest BCUT2D eigenvalue weighted by atomic mass is 16.5. The number of ether oxygens (including phenoxy) is 1. The molecule has 0 heterocycles. The zero-order valence-electron chi connectivity index (χ0n) is 13.1. The molecule has 0 saturated carbocycles. The Morgan fingerprint density at radius 2 is 1.68 bits per heavy atom. The normalized spacial score (nSPS) is 13.5. The van der Waals surface area contributed by atoms with E-state index < -0.39 is 0 Å². The second-order valence-corrected chi connectivity index (χ2v) is 5.27. The highest BCUT2D eigenvalue weighted by Crippen LogP contribution is 2.35. The molecule has 0 aliphatic heterocycles. The quantitative estimate of drug-likeness (QED) is 0.757. The predicted molar refractivity (Wildman–Crippen MR) is 82.5 cm³/mol. The molecule has 1 unspecified atom stereocenters. The minimum Gasteiger partial charge on any atom is -0.376 e. The lowest BCUT2D eigenvalue weighted by atomic mass is 9.83. The molecule has 0 bridgehead atoms. The molecule has 1 rings (SSSR count). The largest absolute Gasteiger partial charge is 0.376 e. The molecule has 1 aromatic carbocycles. The van der Waals surface area contributed by atoms with Crippen LogP contribution in [0.2, 0.25) is 0 Å². The molecule has 0 aromatic heterocycles. The Bertz CT molecular complexity index is 346. The van der Waals surface area contributed by atoms with Crippen molar-refractivity contribution < 1.29 is 4.74 Å². The topological polar surface area (TPSA) is 21.3 Å². The molecule has 0 aliphatic carbocycles. The summed E-state index contributed by atoms with van der Waals surface area (Å²) >= 11 is 0. The molecule has 1 atom stereocenters. The van der Waals surface area contributed by atoms with Crippen LogP contribution in [0.3, 0.4) is 0 Å². The van der Waals surface area contributed by atoms with Gasteiger partial charge in [-0.1, -0.05) is 50.6 Å². The molecule has 0 amide bonds. The van der Waals surface area contributed by atoms with Crippen LogP contribution in [0.15, 0.2) is 24.3 Å².